The van der Waals surface area contributed by atoms with Crippen LogP contribution in [0.1, 0.15) is 59.2 Å². The van der Waals surface area contributed by atoms with Gasteiger partial charge in [0.15, 0.2) is 0 Å². The number of para-hydroxylation sites is 2. The van der Waals surface area contributed by atoms with Gasteiger partial charge in [0.2, 0.25) is 0 Å². The Balaban J connectivity index is 1.25. The van der Waals surface area contributed by atoms with Crippen LogP contribution in [0.2, 0.25) is 0 Å². The van der Waals surface area contributed by atoms with Gasteiger partial charge >= 0.3 is 0 Å². The summed E-state index contributed by atoms with van der Waals surface area (Å²) in [6.45, 7) is 2.22. The number of allylic oxidation sites excluding steroid dienone is 5. The van der Waals surface area contributed by atoms with E-state index >= 15 is 0 Å². The van der Waals surface area contributed by atoms with Crippen molar-refractivity contribution in [2.45, 2.75) is 38.0 Å². The maximum atomic E-state index is 12.8. The van der Waals surface area contributed by atoms with E-state index in [9.17, 15) is 4.79 Å². The lowest BCUT2D eigenvalue weighted by Gasteiger charge is -2.26. The number of carbonyl (C=O) groups is 1. The fourth-order valence-corrected chi connectivity index (χ4v) is 6.11. The number of benzene rings is 2. The molecule has 6 heteroatoms. The summed E-state index contributed by atoms with van der Waals surface area (Å²) >= 11 is 1.74. The van der Waals surface area contributed by atoms with E-state index in [1.807, 2.05) is 24.3 Å². The minimum atomic E-state index is -0.163. The molecule has 6 rings (SSSR count). The van der Waals surface area contributed by atoms with Crippen LogP contribution in [0.15, 0.2) is 95.7 Å². The molecule has 5 nitrogen and oxygen atoms in total. The summed E-state index contributed by atoms with van der Waals surface area (Å²) in [5.41, 5.74) is 13.7. The van der Waals surface area contributed by atoms with Gasteiger partial charge in [-0.3, -0.25) is 4.79 Å². The van der Waals surface area contributed by atoms with Crippen molar-refractivity contribution in [3.05, 3.63) is 118 Å². The first-order valence-corrected chi connectivity index (χ1v) is 13.2. The predicted molar refractivity (Wildman–Crippen MR) is 147 cm³/mol. The molecule has 3 aliphatic rings. The van der Waals surface area contributed by atoms with Crippen LogP contribution < -0.4 is 11.1 Å². The van der Waals surface area contributed by atoms with E-state index in [0.717, 1.165) is 36.4 Å². The molecule has 1 aliphatic carbocycles. The van der Waals surface area contributed by atoms with Crippen molar-refractivity contribution < 1.29 is 4.79 Å². The highest BCUT2D eigenvalue weighted by molar-refractivity contribution is 7.10. The first-order valence-electron chi connectivity index (χ1n) is 12.3. The molecule has 1 amide bonds. The van der Waals surface area contributed by atoms with Crippen LogP contribution in [0, 0.1) is 0 Å². The quantitative estimate of drug-likeness (QED) is 0.382. The van der Waals surface area contributed by atoms with E-state index in [4.69, 9.17) is 10.7 Å². The third-order valence-corrected chi connectivity index (χ3v) is 8.27. The maximum Gasteiger partial charge on any atom is 0.255 e. The van der Waals surface area contributed by atoms with Gasteiger partial charge in [0.1, 0.15) is 5.01 Å². The molecule has 1 fully saturated rings. The van der Waals surface area contributed by atoms with Gasteiger partial charge in [-0.05, 0) is 80.2 Å². The highest BCUT2D eigenvalue weighted by Crippen LogP contribution is 2.54. The largest absolute Gasteiger partial charge is 0.397 e. The SMILES string of the molecule is CC1=C(c2csc(C3(c4ccc(C(=O)Nc5ccccc5N)cc4)CC3)n2)N2C=CC=CC2=CCC1. The molecular formula is C30H28N4OS. The average Bonchev–Trinajstić information content (AvgIpc) is 3.60. The molecule has 1 saturated carbocycles. The molecular weight excluding hydrogens is 464 g/mol. The number of anilines is 2. The van der Waals surface area contributed by atoms with Crippen molar-refractivity contribution in [2.24, 2.45) is 0 Å². The Morgan fingerprint density at radius 2 is 1.92 bits per heavy atom. The van der Waals surface area contributed by atoms with E-state index < -0.39 is 0 Å². The predicted octanol–water partition coefficient (Wildman–Crippen LogP) is 6.85. The highest BCUT2D eigenvalue weighted by Gasteiger charge is 2.48. The fraction of sp³-hybridized carbons (Fsp3) is 0.200. The number of amides is 1. The monoisotopic (exact) mass is 492 g/mol. The van der Waals surface area contributed by atoms with Gasteiger partial charge < -0.3 is 16.0 Å². The normalized spacial score (nSPS) is 17.9. The maximum absolute atomic E-state index is 12.8. The van der Waals surface area contributed by atoms with Crippen LogP contribution in [-0.2, 0) is 5.41 Å². The molecule has 3 N–H and O–H groups in total. The molecule has 1 aromatic heterocycles. The van der Waals surface area contributed by atoms with Crippen molar-refractivity contribution in [1.29, 1.82) is 0 Å². The second-order valence-corrected chi connectivity index (χ2v) is 10.5. The van der Waals surface area contributed by atoms with Gasteiger partial charge in [-0.1, -0.05) is 36.4 Å². The lowest BCUT2D eigenvalue weighted by molar-refractivity contribution is 0.102. The minimum absolute atomic E-state index is 0.0582. The zero-order valence-corrected chi connectivity index (χ0v) is 21.0. The topological polar surface area (TPSA) is 71.2 Å². The Morgan fingerprint density at radius 3 is 2.69 bits per heavy atom. The van der Waals surface area contributed by atoms with E-state index in [0.29, 0.717) is 16.9 Å². The van der Waals surface area contributed by atoms with Crippen LogP contribution in [-0.4, -0.2) is 15.8 Å². The number of nitrogen functional groups attached to an aromatic ring is 1. The molecule has 2 aromatic carbocycles. The number of hydrogen-bond acceptors (Lipinski definition) is 5. The van der Waals surface area contributed by atoms with Gasteiger partial charge in [-0.15, -0.1) is 11.3 Å². The highest BCUT2D eigenvalue weighted by atomic mass is 32.1. The smallest absolute Gasteiger partial charge is 0.255 e. The summed E-state index contributed by atoms with van der Waals surface area (Å²) in [5.74, 6) is -0.163. The van der Waals surface area contributed by atoms with E-state index in [2.05, 4.69) is 65.2 Å². The molecule has 0 atom stereocenters. The zero-order chi connectivity index (χ0) is 24.7. The van der Waals surface area contributed by atoms with E-state index in [1.54, 1.807) is 23.5 Å². The Kier molecular flexibility index (Phi) is 5.61. The van der Waals surface area contributed by atoms with Crippen LogP contribution in [0.25, 0.3) is 5.70 Å². The second-order valence-electron chi connectivity index (χ2n) is 9.61. The molecule has 36 heavy (non-hydrogen) atoms. The Labute approximate surface area is 215 Å². The number of carbonyl (C=O) groups excluding carboxylic acids is 1. The molecule has 2 aliphatic heterocycles. The van der Waals surface area contributed by atoms with Crippen molar-refractivity contribution in [1.82, 2.24) is 9.88 Å². The molecule has 0 unspecified atom stereocenters. The van der Waals surface area contributed by atoms with Crippen LogP contribution in [0.5, 0.6) is 0 Å². The first-order chi connectivity index (χ1) is 17.5. The number of hydrogen-bond donors (Lipinski definition) is 2. The number of thiazole rings is 1. The fourth-order valence-electron chi connectivity index (χ4n) is 5.03. The van der Waals surface area contributed by atoms with Crippen molar-refractivity contribution >= 4 is 34.3 Å². The number of nitrogens with zero attached hydrogens (tertiary/aromatic N) is 2. The molecule has 0 bridgehead atoms. The number of fused-ring (bicyclic) bond motifs is 1. The summed E-state index contributed by atoms with van der Waals surface area (Å²) in [7, 11) is 0. The van der Waals surface area contributed by atoms with Crippen LogP contribution >= 0.6 is 11.3 Å². The molecule has 180 valence electrons. The van der Waals surface area contributed by atoms with Crippen molar-refractivity contribution in [3.63, 3.8) is 0 Å². The molecule has 3 heterocycles. The summed E-state index contributed by atoms with van der Waals surface area (Å²) in [4.78, 5) is 20.2. The number of nitrogens with one attached hydrogen (secondary N) is 1. The van der Waals surface area contributed by atoms with E-state index in [-0.39, 0.29) is 11.3 Å². The Morgan fingerprint density at radius 1 is 1.11 bits per heavy atom. The minimum Gasteiger partial charge on any atom is -0.397 e. The van der Waals surface area contributed by atoms with E-state index in [1.165, 1.54) is 22.5 Å². The van der Waals surface area contributed by atoms with Gasteiger partial charge in [0, 0.05) is 28.3 Å². The third kappa shape index (κ3) is 3.97. The standard InChI is InChI=1S/C30H28N4OS/c1-20-7-6-9-23-8-4-5-18-34(23)27(20)26-19-36-29(33-26)30(16-17-30)22-14-12-21(13-15-22)28(35)32-25-11-3-2-10-24(25)31/h2-5,8-15,18-19H,6-7,16-17,31H2,1H3,(H,32,35). The average molecular weight is 493 g/mol. The summed E-state index contributed by atoms with van der Waals surface area (Å²) in [6, 6.07) is 15.2. The number of rotatable bonds is 5. The second kappa shape index (κ2) is 8.95. The number of nitrogens with two attached hydrogens (primary N) is 1. The number of aromatic nitrogens is 1. The third-order valence-electron chi connectivity index (χ3n) is 7.22. The lowest BCUT2D eigenvalue weighted by atomic mass is 9.95. The van der Waals surface area contributed by atoms with Gasteiger partial charge in [-0.25, -0.2) is 4.98 Å². The molecule has 3 aromatic rings. The Hall–Kier alpha value is -3.90. The lowest BCUT2D eigenvalue weighted by Crippen LogP contribution is -2.17. The summed E-state index contributed by atoms with van der Waals surface area (Å²) < 4.78 is 0. The molecule has 0 radical (unpaired) electrons. The molecule has 0 spiro atoms. The van der Waals surface area contributed by atoms with Crippen LogP contribution in [0.3, 0.4) is 0 Å². The summed E-state index contributed by atoms with van der Waals surface area (Å²) in [5, 5.41) is 6.26. The van der Waals surface area contributed by atoms with Gasteiger partial charge in [0.25, 0.3) is 5.91 Å². The molecule has 0 saturated heterocycles. The first kappa shape index (κ1) is 22.6. The van der Waals surface area contributed by atoms with Gasteiger partial charge in [-0.2, -0.15) is 0 Å². The van der Waals surface area contributed by atoms with Gasteiger partial charge in [0.05, 0.1) is 22.8 Å². The van der Waals surface area contributed by atoms with Crippen LogP contribution in [0.4, 0.5) is 11.4 Å². The van der Waals surface area contributed by atoms with Crippen molar-refractivity contribution in [2.75, 3.05) is 11.1 Å². The van der Waals surface area contributed by atoms with Crippen molar-refractivity contribution in [3.8, 4) is 0 Å². The Bertz CT molecular complexity index is 1450. The summed E-state index contributed by atoms with van der Waals surface area (Å²) in [6.07, 6.45) is 15.0. The zero-order valence-electron chi connectivity index (χ0n) is 20.2.